The van der Waals surface area contributed by atoms with Crippen molar-refractivity contribution in [2.24, 2.45) is 0 Å². The van der Waals surface area contributed by atoms with Crippen LogP contribution in [-0.2, 0) is 0 Å². The van der Waals surface area contributed by atoms with Gasteiger partial charge in [-0.15, -0.1) is 24.8 Å². The topological polar surface area (TPSA) is 62.5 Å². The van der Waals surface area contributed by atoms with Crippen molar-refractivity contribution in [2.45, 2.75) is 6.92 Å². The summed E-state index contributed by atoms with van der Waals surface area (Å²) in [6, 6.07) is 11.7. The smallest absolute Gasteiger partial charge is 0.272 e. The molecule has 0 aliphatic carbocycles. The highest BCUT2D eigenvalue weighted by molar-refractivity contribution is 5.92. The van der Waals surface area contributed by atoms with Gasteiger partial charge in [-0.3, -0.25) is 4.79 Å². The molecule has 0 radical (unpaired) electrons. The minimum Gasteiger partial charge on any atom is -0.397 e. The first-order chi connectivity index (χ1) is 10.6. The Morgan fingerprint density at radius 3 is 2.29 bits per heavy atom. The zero-order chi connectivity index (χ0) is 15.5. The van der Waals surface area contributed by atoms with Gasteiger partial charge in [0.05, 0.1) is 11.9 Å². The number of rotatable bonds is 2. The van der Waals surface area contributed by atoms with Gasteiger partial charge in [-0.1, -0.05) is 18.2 Å². The van der Waals surface area contributed by atoms with Crippen LogP contribution in [-0.4, -0.2) is 42.0 Å². The monoisotopic (exact) mass is 368 g/mol. The van der Waals surface area contributed by atoms with Crippen LogP contribution in [0.3, 0.4) is 0 Å². The summed E-state index contributed by atoms with van der Waals surface area (Å²) in [4.78, 5) is 20.7. The lowest BCUT2D eigenvalue weighted by atomic mass is 10.1. The summed E-state index contributed by atoms with van der Waals surface area (Å²) in [6.07, 6.45) is 1.52. The van der Waals surface area contributed by atoms with Crippen LogP contribution in [0.5, 0.6) is 0 Å². The second-order valence-corrected chi connectivity index (χ2v) is 5.54. The molecular weight excluding hydrogens is 347 g/mol. The number of carbonyl (C=O) groups is 1. The minimum absolute atomic E-state index is 0. The molecule has 0 saturated carbocycles. The van der Waals surface area contributed by atoms with Crippen molar-refractivity contribution in [3.8, 4) is 0 Å². The summed E-state index contributed by atoms with van der Waals surface area (Å²) in [6.45, 7) is 5.21. The van der Waals surface area contributed by atoms with Crippen LogP contribution >= 0.6 is 24.8 Å². The first-order valence-corrected chi connectivity index (χ1v) is 7.46. The van der Waals surface area contributed by atoms with E-state index in [4.69, 9.17) is 5.73 Å². The summed E-state index contributed by atoms with van der Waals surface area (Å²) in [5, 5.41) is 0. The fourth-order valence-corrected chi connectivity index (χ4v) is 2.76. The van der Waals surface area contributed by atoms with E-state index in [0.29, 0.717) is 24.5 Å². The average Bonchev–Trinajstić information content (AvgIpc) is 2.56. The molecule has 2 N–H and O–H groups in total. The van der Waals surface area contributed by atoms with Crippen LogP contribution in [0.2, 0.25) is 0 Å². The van der Waals surface area contributed by atoms with Gasteiger partial charge in [0, 0.05) is 31.9 Å². The molecular formula is C17H22Cl2N4O. The lowest BCUT2D eigenvalue weighted by molar-refractivity contribution is 0.0741. The summed E-state index contributed by atoms with van der Waals surface area (Å²) in [7, 11) is 0. The molecule has 1 aromatic heterocycles. The molecule has 1 aliphatic rings. The highest BCUT2D eigenvalue weighted by Gasteiger charge is 2.23. The molecule has 0 spiro atoms. The molecule has 1 fully saturated rings. The van der Waals surface area contributed by atoms with Gasteiger partial charge in [-0.25, -0.2) is 4.98 Å². The molecule has 1 amide bonds. The number of amides is 1. The predicted octanol–water partition coefficient (Wildman–Crippen LogP) is 2.78. The van der Waals surface area contributed by atoms with Crippen LogP contribution in [0.1, 0.15) is 16.1 Å². The van der Waals surface area contributed by atoms with E-state index in [1.807, 2.05) is 11.0 Å². The van der Waals surface area contributed by atoms with Crippen LogP contribution < -0.4 is 10.6 Å². The zero-order valence-electron chi connectivity index (χ0n) is 13.5. The SMILES string of the molecule is Cc1ccccc1N1CCN(C(=O)c2ccc(N)cn2)CC1.Cl.Cl. The van der Waals surface area contributed by atoms with Crippen molar-refractivity contribution in [2.75, 3.05) is 36.8 Å². The molecule has 1 aromatic carbocycles. The van der Waals surface area contributed by atoms with Crippen molar-refractivity contribution in [1.29, 1.82) is 0 Å². The Bertz CT molecular complexity index is 671. The van der Waals surface area contributed by atoms with E-state index < -0.39 is 0 Å². The van der Waals surface area contributed by atoms with E-state index >= 15 is 0 Å². The molecule has 5 nitrogen and oxygen atoms in total. The van der Waals surface area contributed by atoms with Gasteiger partial charge in [0.15, 0.2) is 0 Å². The first kappa shape index (κ1) is 20.1. The number of hydrogen-bond acceptors (Lipinski definition) is 4. The molecule has 24 heavy (non-hydrogen) atoms. The Hall–Kier alpha value is -1.98. The van der Waals surface area contributed by atoms with Gasteiger partial charge in [0.1, 0.15) is 5.69 Å². The number of aromatic nitrogens is 1. The number of pyridine rings is 1. The van der Waals surface area contributed by atoms with Gasteiger partial charge in [0.2, 0.25) is 0 Å². The van der Waals surface area contributed by atoms with Crippen LogP contribution in [0.25, 0.3) is 0 Å². The van der Waals surface area contributed by atoms with Gasteiger partial charge in [-0.2, -0.15) is 0 Å². The summed E-state index contributed by atoms with van der Waals surface area (Å²) in [5.74, 6) is -0.0237. The quantitative estimate of drug-likeness (QED) is 0.884. The lowest BCUT2D eigenvalue weighted by Gasteiger charge is -2.36. The van der Waals surface area contributed by atoms with Gasteiger partial charge >= 0.3 is 0 Å². The van der Waals surface area contributed by atoms with Crippen molar-refractivity contribution >= 4 is 42.1 Å². The van der Waals surface area contributed by atoms with E-state index in [-0.39, 0.29) is 30.7 Å². The Kier molecular flexibility index (Phi) is 7.32. The van der Waals surface area contributed by atoms with Crippen molar-refractivity contribution < 1.29 is 4.79 Å². The third-order valence-corrected chi connectivity index (χ3v) is 4.03. The molecule has 3 rings (SSSR count). The van der Waals surface area contributed by atoms with Crippen LogP contribution in [0, 0.1) is 6.92 Å². The van der Waals surface area contributed by atoms with E-state index in [9.17, 15) is 4.79 Å². The largest absolute Gasteiger partial charge is 0.397 e. The third-order valence-electron chi connectivity index (χ3n) is 4.03. The number of halogens is 2. The molecule has 0 bridgehead atoms. The Morgan fingerprint density at radius 2 is 1.71 bits per heavy atom. The molecule has 0 unspecified atom stereocenters. The molecule has 7 heteroatoms. The number of nitrogens with two attached hydrogens (primary N) is 1. The molecule has 130 valence electrons. The first-order valence-electron chi connectivity index (χ1n) is 7.46. The van der Waals surface area contributed by atoms with E-state index in [0.717, 1.165) is 13.1 Å². The maximum atomic E-state index is 12.4. The maximum Gasteiger partial charge on any atom is 0.272 e. The number of hydrogen-bond donors (Lipinski definition) is 1. The Balaban J connectivity index is 0.00000144. The highest BCUT2D eigenvalue weighted by atomic mass is 35.5. The second-order valence-electron chi connectivity index (χ2n) is 5.54. The molecule has 1 saturated heterocycles. The fourth-order valence-electron chi connectivity index (χ4n) is 2.76. The number of nitrogen functional groups attached to an aromatic ring is 1. The summed E-state index contributed by atoms with van der Waals surface area (Å²) < 4.78 is 0. The summed E-state index contributed by atoms with van der Waals surface area (Å²) >= 11 is 0. The van der Waals surface area contributed by atoms with Gasteiger partial charge in [0.25, 0.3) is 5.91 Å². The van der Waals surface area contributed by atoms with E-state index in [2.05, 4.69) is 35.0 Å². The lowest BCUT2D eigenvalue weighted by Crippen LogP contribution is -2.49. The fraction of sp³-hybridized carbons (Fsp3) is 0.294. The number of anilines is 2. The molecule has 2 heterocycles. The molecule has 0 atom stereocenters. The minimum atomic E-state index is -0.0237. The number of carbonyl (C=O) groups excluding carboxylic acids is 1. The van der Waals surface area contributed by atoms with Gasteiger partial charge in [-0.05, 0) is 30.7 Å². The van der Waals surface area contributed by atoms with Crippen molar-refractivity contribution in [3.05, 3.63) is 53.9 Å². The summed E-state index contributed by atoms with van der Waals surface area (Å²) in [5.41, 5.74) is 9.15. The Morgan fingerprint density at radius 1 is 1.04 bits per heavy atom. The normalized spacial score (nSPS) is 13.7. The molecule has 2 aromatic rings. The van der Waals surface area contributed by atoms with Crippen LogP contribution in [0.15, 0.2) is 42.6 Å². The maximum absolute atomic E-state index is 12.4. The van der Waals surface area contributed by atoms with Crippen LogP contribution in [0.4, 0.5) is 11.4 Å². The standard InChI is InChI=1S/C17H20N4O.2ClH/c1-13-4-2-3-5-16(13)20-8-10-21(11-9-20)17(22)15-7-6-14(18)12-19-15;;/h2-7,12H,8-11,18H2,1H3;2*1H. The zero-order valence-corrected chi connectivity index (χ0v) is 15.1. The average molecular weight is 369 g/mol. The second kappa shape index (κ2) is 8.76. The third kappa shape index (κ3) is 4.30. The van der Waals surface area contributed by atoms with Gasteiger partial charge < -0.3 is 15.5 Å². The predicted molar refractivity (Wildman–Crippen MR) is 102 cm³/mol. The Labute approximate surface area is 154 Å². The van der Waals surface area contributed by atoms with E-state index in [1.165, 1.54) is 17.4 Å². The number of aryl methyl sites for hydroxylation is 1. The van der Waals surface area contributed by atoms with E-state index in [1.54, 1.807) is 12.1 Å². The number of piperazine rings is 1. The van der Waals surface area contributed by atoms with Crippen molar-refractivity contribution in [3.63, 3.8) is 0 Å². The highest BCUT2D eigenvalue weighted by Crippen LogP contribution is 2.21. The number of benzene rings is 1. The molecule has 1 aliphatic heterocycles. The van der Waals surface area contributed by atoms with Crippen molar-refractivity contribution in [1.82, 2.24) is 9.88 Å². The number of para-hydroxylation sites is 1. The number of nitrogens with zero attached hydrogens (tertiary/aromatic N) is 3.